The van der Waals surface area contributed by atoms with Gasteiger partial charge in [-0.2, -0.15) is 0 Å². The van der Waals surface area contributed by atoms with Crippen LogP contribution in [0.1, 0.15) is 115 Å². The molecule has 1 fully saturated rings. The Kier molecular flexibility index (Phi) is 19.4. The van der Waals surface area contributed by atoms with E-state index in [0.717, 1.165) is 78.1 Å². The molecule has 0 spiro atoms. The number of ether oxygens (including phenoxy) is 4. The van der Waals surface area contributed by atoms with Gasteiger partial charge in [0.05, 0.1) is 47.1 Å². The van der Waals surface area contributed by atoms with Crippen LogP contribution in [0.4, 0.5) is 0 Å². The predicted molar refractivity (Wildman–Crippen MR) is 433 cm³/mol. The van der Waals surface area contributed by atoms with Gasteiger partial charge in [0.25, 0.3) is 0 Å². The van der Waals surface area contributed by atoms with E-state index in [1.54, 1.807) is 45.6 Å². The van der Waals surface area contributed by atoms with Crippen LogP contribution >= 0.6 is 0 Å². The molecule has 11 nitrogen and oxygen atoms in total. The molecule has 0 bridgehead atoms. The second kappa shape index (κ2) is 28.8. The van der Waals surface area contributed by atoms with Gasteiger partial charge in [-0.25, -0.2) is 0 Å². The standard InChI is InChI=1S/C26H27NO2.C24H23NO2.C23H25NO.C21H23NO2/c1-6-8-26(28)27-15-24-19-10-9-16(3)11-20(19)21-12-17(4)25(29-5)14-23(21)22(24)13-18(27)7-2;1-14-7-8-17-18(9-14)19-10-15(2)23(27-3)12-21(19)20-11-16-5-4-6-24(26)25(16)13-22(17)20;1-14-6-7-17-18(9-14)19-10-15(2)23(25-3)12-21(19)20-11-16-5-4-8-24(16)13-22(17)20;1-12-4-5-15-16(6-12)17-7-13(2)21(24-3)9-19(17)18-8-14(11-23)22-10-20(15)18/h6-7,9-12,14,18H,1-2,8,13,15H2,3-5H3;4-5,7-10,12,16H,6,11,13H2,1-3H3;6-7,9-10,12,16H,4-5,8,11,13H2,1-3H3;4-7,9,14,22-23H,8,10-11H2,1-3H3/t18-;2*16-;14-/m1110/s1. The van der Waals surface area contributed by atoms with Crippen molar-refractivity contribution in [1.82, 2.24) is 20.0 Å². The molecule has 4 atom stereocenters. The molecule has 6 heterocycles. The summed E-state index contributed by atoms with van der Waals surface area (Å²) >= 11 is 0. The third-order valence-corrected chi connectivity index (χ3v) is 23.8. The third-order valence-electron chi connectivity index (χ3n) is 23.8. The molecule has 2 amide bonds. The number of amides is 2. The minimum absolute atomic E-state index is 0.0200. The number of nitrogens with one attached hydrogen (secondary N) is 1. The van der Waals surface area contributed by atoms with Crippen molar-refractivity contribution in [2.75, 3.05) is 41.6 Å². The second-order valence-electron chi connectivity index (χ2n) is 30.4. The number of carbonyl (C=O) groups excluding carboxylic acids is 2. The molecule has 11 heteroatoms. The molecule has 12 aromatic carbocycles. The molecule has 2 N–H and O–H groups in total. The zero-order valence-corrected chi connectivity index (χ0v) is 63.2. The van der Waals surface area contributed by atoms with Crippen molar-refractivity contribution in [1.29, 1.82) is 0 Å². The smallest absolute Gasteiger partial charge is 0.227 e. The SMILES string of the molecule is C=CCC(=O)N1Cc2c(c3cc(OC)c(C)cc3c3cc(C)ccc23)C[C@H]1C=C.COc1cc2c3c(c4ccc(C)cc4c2cc1C)CN1C(=O)CC=C[C@@H]1C3.COc1cc2c3c(c4ccc(C)cc4c2cc1C)CN1CCC[C@@H]1C3.COc1cc2c3c(c4ccc(C)cc4c2cc1C)CN[C@H](CO)C3. The van der Waals surface area contributed by atoms with Crippen LogP contribution in [0.3, 0.4) is 0 Å². The van der Waals surface area contributed by atoms with E-state index in [0.29, 0.717) is 25.9 Å². The Hall–Kier alpha value is -10.0. The Bertz CT molecular complexity index is 5630. The Morgan fingerprint density at radius 2 is 0.895 bits per heavy atom. The van der Waals surface area contributed by atoms with Crippen LogP contribution in [-0.2, 0) is 61.5 Å². The highest BCUT2D eigenvalue weighted by molar-refractivity contribution is 6.15. The number of nitrogens with zero attached hydrogens (tertiary/aromatic N) is 3. The Morgan fingerprint density at radius 3 is 1.33 bits per heavy atom. The Balaban J connectivity index is 0.000000113. The van der Waals surface area contributed by atoms with E-state index in [-0.39, 0.29) is 36.5 Å². The first kappa shape index (κ1) is 70.6. The normalized spacial score (nSPS) is 17.9. The molecule has 18 rings (SSSR count). The van der Waals surface area contributed by atoms with E-state index in [4.69, 9.17) is 18.9 Å². The molecule has 0 unspecified atom stereocenters. The first-order valence-electron chi connectivity index (χ1n) is 37.5. The van der Waals surface area contributed by atoms with Crippen molar-refractivity contribution in [3.8, 4) is 23.0 Å². The van der Waals surface area contributed by atoms with Crippen LogP contribution in [0.15, 0.2) is 159 Å². The lowest BCUT2D eigenvalue weighted by molar-refractivity contribution is -0.133. The number of aryl methyl sites for hydroxylation is 8. The van der Waals surface area contributed by atoms with E-state index < -0.39 is 0 Å². The summed E-state index contributed by atoms with van der Waals surface area (Å²) in [4.78, 5) is 31.9. The Labute approximate surface area is 617 Å². The minimum Gasteiger partial charge on any atom is -0.496 e. The topological polar surface area (TPSA) is 113 Å². The van der Waals surface area contributed by atoms with Gasteiger partial charge in [-0.15, -0.1) is 13.2 Å². The fourth-order valence-corrected chi connectivity index (χ4v) is 18.4. The molecule has 12 aromatic rings. The van der Waals surface area contributed by atoms with Gasteiger partial charge < -0.3 is 39.2 Å². The molecule has 0 aromatic heterocycles. The summed E-state index contributed by atoms with van der Waals surface area (Å²) in [5.74, 6) is 4.08. The molecular formula is C94H98N4O7. The van der Waals surface area contributed by atoms with Crippen LogP contribution in [0.25, 0.3) is 86.2 Å². The van der Waals surface area contributed by atoms with Crippen LogP contribution in [-0.4, -0.2) is 97.4 Å². The number of carbonyl (C=O) groups is 2. The van der Waals surface area contributed by atoms with Crippen molar-refractivity contribution in [2.24, 2.45) is 0 Å². The van der Waals surface area contributed by atoms with Gasteiger partial charge >= 0.3 is 0 Å². The highest BCUT2D eigenvalue weighted by Crippen LogP contribution is 2.47. The lowest BCUT2D eigenvalue weighted by atomic mass is 9.83. The molecule has 0 saturated carbocycles. The number of aliphatic hydroxyl groups excluding tert-OH is 1. The van der Waals surface area contributed by atoms with Crippen LogP contribution in [0.2, 0.25) is 0 Å². The molecule has 536 valence electrons. The summed E-state index contributed by atoms with van der Waals surface area (Å²) in [5, 5.41) is 33.9. The maximum Gasteiger partial charge on any atom is 0.227 e. The van der Waals surface area contributed by atoms with Crippen molar-refractivity contribution in [3.05, 3.63) is 248 Å². The summed E-state index contributed by atoms with van der Waals surface area (Å²) < 4.78 is 22.5. The van der Waals surface area contributed by atoms with Crippen molar-refractivity contribution in [3.63, 3.8) is 0 Å². The van der Waals surface area contributed by atoms with Crippen molar-refractivity contribution in [2.45, 2.75) is 157 Å². The molecule has 105 heavy (non-hydrogen) atoms. The monoisotopic (exact) mass is 1390 g/mol. The fourth-order valence-electron chi connectivity index (χ4n) is 18.4. The molecule has 6 aliphatic rings. The average Bonchev–Trinajstić information content (AvgIpc) is 1.20. The van der Waals surface area contributed by atoms with Gasteiger partial charge in [0.1, 0.15) is 23.0 Å². The number of hydrogen-bond acceptors (Lipinski definition) is 9. The number of fused-ring (bicyclic) bond motifs is 26. The lowest BCUT2D eigenvalue weighted by Crippen LogP contribution is -2.45. The molecule has 1 saturated heterocycles. The van der Waals surface area contributed by atoms with Gasteiger partial charge in [-0.3, -0.25) is 14.5 Å². The summed E-state index contributed by atoms with van der Waals surface area (Å²) in [5.41, 5.74) is 20.7. The first-order chi connectivity index (χ1) is 50.8. The zero-order valence-electron chi connectivity index (χ0n) is 63.2. The fraction of sp³-hybridized carbons (Fsp3) is 0.319. The second-order valence-corrected chi connectivity index (χ2v) is 30.4. The maximum atomic E-state index is 12.8. The largest absolute Gasteiger partial charge is 0.496 e. The maximum absolute atomic E-state index is 12.8. The number of aliphatic hydroxyl groups is 1. The van der Waals surface area contributed by atoms with Crippen LogP contribution in [0.5, 0.6) is 23.0 Å². The number of rotatable bonds is 8. The van der Waals surface area contributed by atoms with Crippen LogP contribution in [0, 0.1) is 55.4 Å². The first-order valence-corrected chi connectivity index (χ1v) is 37.5. The predicted octanol–water partition coefficient (Wildman–Crippen LogP) is 19.2. The van der Waals surface area contributed by atoms with Crippen LogP contribution < -0.4 is 24.3 Å². The zero-order chi connectivity index (χ0) is 73.4. The summed E-state index contributed by atoms with van der Waals surface area (Å²) in [6.07, 6.45) is 15.0. The third kappa shape index (κ3) is 12.7. The lowest BCUT2D eigenvalue weighted by Gasteiger charge is -2.38. The highest BCUT2D eigenvalue weighted by Gasteiger charge is 2.36. The minimum atomic E-state index is -0.0200. The summed E-state index contributed by atoms with van der Waals surface area (Å²) in [6, 6.07) is 45.8. The quantitative estimate of drug-likeness (QED) is 0.113. The van der Waals surface area contributed by atoms with Crippen molar-refractivity contribution >= 4 is 98.0 Å². The Morgan fingerprint density at radius 1 is 0.486 bits per heavy atom. The van der Waals surface area contributed by atoms with Gasteiger partial charge in [0, 0.05) is 51.1 Å². The van der Waals surface area contributed by atoms with Gasteiger partial charge in [0.15, 0.2) is 0 Å². The van der Waals surface area contributed by atoms with Gasteiger partial charge in [-0.1, -0.05) is 119 Å². The number of methoxy groups -OCH3 is 4. The average molecular weight is 1400 g/mol. The molecular weight excluding hydrogens is 1300 g/mol. The molecule has 6 aliphatic heterocycles. The highest BCUT2D eigenvalue weighted by atomic mass is 16.5. The number of hydrogen-bond donors (Lipinski definition) is 2. The van der Waals surface area contributed by atoms with E-state index in [2.05, 4.69) is 206 Å². The van der Waals surface area contributed by atoms with E-state index in [1.807, 2.05) is 22.0 Å². The molecule has 0 radical (unpaired) electrons. The van der Waals surface area contributed by atoms with E-state index in [1.165, 1.54) is 173 Å². The molecule has 0 aliphatic carbocycles. The van der Waals surface area contributed by atoms with E-state index >= 15 is 0 Å². The summed E-state index contributed by atoms with van der Waals surface area (Å²) in [6.45, 7) is 29.4. The van der Waals surface area contributed by atoms with E-state index in [9.17, 15) is 14.7 Å². The number of benzene rings is 12. The van der Waals surface area contributed by atoms with Crippen molar-refractivity contribution < 1.29 is 33.6 Å². The summed E-state index contributed by atoms with van der Waals surface area (Å²) in [7, 11) is 6.96. The van der Waals surface area contributed by atoms with Gasteiger partial charge in [0.2, 0.25) is 11.8 Å². The van der Waals surface area contributed by atoms with Gasteiger partial charge in [-0.05, 0) is 302 Å².